The van der Waals surface area contributed by atoms with E-state index in [1.807, 2.05) is 42.5 Å². The predicted molar refractivity (Wildman–Crippen MR) is 98.4 cm³/mol. The van der Waals surface area contributed by atoms with E-state index in [-0.39, 0.29) is 24.2 Å². The number of anilines is 1. The van der Waals surface area contributed by atoms with Crippen LogP contribution in [0.15, 0.2) is 54.6 Å². The topological polar surface area (TPSA) is 67.9 Å². The van der Waals surface area contributed by atoms with Gasteiger partial charge < -0.3 is 19.7 Å². The molecule has 1 N–H and O–H groups in total. The monoisotopic (exact) mass is 354 g/mol. The lowest BCUT2D eigenvalue weighted by molar-refractivity contribution is -0.126. The van der Waals surface area contributed by atoms with E-state index in [4.69, 9.17) is 9.47 Å². The Bertz CT molecular complexity index is 746. The summed E-state index contributed by atoms with van der Waals surface area (Å²) < 4.78 is 10.7. The third-order valence-corrected chi connectivity index (χ3v) is 4.29. The van der Waals surface area contributed by atoms with Gasteiger partial charge in [-0.05, 0) is 36.4 Å². The van der Waals surface area contributed by atoms with Gasteiger partial charge in [-0.2, -0.15) is 0 Å². The maximum atomic E-state index is 12.3. The molecule has 2 amide bonds. The standard InChI is InChI=1S/C20H22N2O4/c1-25-17-9-7-16(8-10-17)22-14-15(13-19(22)23)20(24)21-11-12-26-18-5-3-2-4-6-18/h2-10,15H,11-14H2,1H3,(H,21,24)/t15-/m1/s1. The molecule has 136 valence electrons. The Morgan fingerprint density at radius 1 is 1.12 bits per heavy atom. The molecule has 0 aliphatic carbocycles. The van der Waals surface area contributed by atoms with Gasteiger partial charge in [-0.25, -0.2) is 0 Å². The fraction of sp³-hybridized carbons (Fsp3) is 0.300. The zero-order valence-corrected chi connectivity index (χ0v) is 14.7. The minimum absolute atomic E-state index is 0.0455. The van der Waals surface area contributed by atoms with Crippen LogP contribution in [-0.4, -0.2) is 38.6 Å². The van der Waals surface area contributed by atoms with Gasteiger partial charge in [0.05, 0.1) is 19.6 Å². The lowest BCUT2D eigenvalue weighted by atomic mass is 10.1. The number of nitrogens with one attached hydrogen (secondary N) is 1. The number of ether oxygens (including phenoxy) is 2. The molecule has 26 heavy (non-hydrogen) atoms. The Balaban J connectivity index is 1.47. The van der Waals surface area contributed by atoms with Crippen molar-refractivity contribution >= 4 is 17.5 Å². The molecule has 0 radical (unpaired) electrons. The Hall–Kier alpha value is -3.02. The number of hydrogen-bond acceptors (Lipinski definition) is 4. The molecule has 1 atom stereocenters. The van der Waals surface area contributed by atoms with E-state index < -0.39 is 0 Å². The summed E-state index contributed by atoms with van der Waals surface area (Å²) >= 11 is 0. The van der Waals surface area contributed by atoms with Crippen LogP contribution >= 0.6 is 0 Å². The molecule has 2 aromatic carbocycles. The molecule has 3 rings (SSSR count). The summed E-state index contributed by atoms with van der Waals surface area (Å²) in [5, 5.41) is 2.84. The Morgan fingerprint density at radius 3 is 2.54 bits per heavy atom. The molecule has 6 nitrogen and oxygen atoms in total. The highest BCUT2D eigenvalue weighted by molar-refractivity contribution is 6.00. The van der Waals surface area contributed by atoms with Gasteiger partial charge in [-0.3, -0.25) is 9.59 Å². The van der Waals surface area contributed by atoms with E-state index in [0.717, 1.165) is 17.2 Å². The van der Waals surface area contributed by atoms with E-state index in [1.165, 1.54) is 0 Å². The first-order chi connectivity index (χ1) is 12.7. The third kappa shape index (κ3) is 4.33. The molecule has 0 unspecified atom stereocenters. The SMILES string of the molecule is COc1ccc(N2C[C@H](C(=O)NCCOc3ccccc3)CC2=O)cc1. The molecular formula is C20H22N2O4. The van der Waals surface area contributed by atoms with E-state index in [0.29, 0.717) is 19.7 Å². The number of carbonyl (C=O) groups is 2. The Labute approximate surface area is 152 Å². The fourth-order valence-electron chi connectivity index (χ4n) is 2.90. The zero-order chi connectivity index (χ0) is 18.4. The molecule has 0 spiro atoms. The second-order valence-corrected chi connectivity index (χ2v) is 6.06. The third-order valence-electron chi connectivity index (χ3n) is 4.29. The van der Waals surface area contributed by atoms with Crippen molar-refractivity contribution in [2.24, 2.45) is 5.92 Å². The maximum absolute atomic E-state index is 12.3. The van der Waals surface area contributed by atoms with Crippen LogP contribution in [0.25, 0.3) is 0 Å². The summed E-state index contributed by atoms with van der Waals surface area (Å²) in [7, 11) is 1.60. The summed E-state index contributed by atoms with van der Waals surface area (Å²) in [4.78, 5) is 26.2. The molecule has 1 aliphatic heterocycles. The second-order valence-electron chi connectivity index (χ2n) is 6.06. The van der Waals surface area contributed by atoms with Crippen molar-refractivity contribution in [2.45, 2.75) is 6.42 Å². The number of nitrogens with zero attached hydrogens (tertiary/aromatic N) is 1. The van der Waals surface area contributed by atoms with Crippen molar-refractivity contribution in [3.63, 3.8) is 0 Å². The van der Waals surface area contributed by atoms with Crippen LogP contribution in [0, 0.1) is 5.92 Å². The van der Waals surface area contributed by atoms with Crippen LogP contribution < -0.4 is 19.7 Å². The first-order valence-electron chi connectivity index (χ1n) is 8.57. The van der Waals surface area contributed by atoms with Gasteiger partial charge in [-0.1, -0.05) is 18.2 Å². The summed E-state index contributed by atoms with van der Waals surface area (Å²) in [6, 6.07) is 16.7. The van der Waals surface area contributed by atoms with Crippen molar-refractivity contribution in [2.75, 3.05) is 31.7 Å². The van der Waals surface area contributed by atoms with Crippen LogP contribution in [0.3, 0.4) is 0 Å². The minimum Gasteiger partial charge on any atom is -0.497 e. The average molecular weight is 354 g/mol. The number of hydrogen-bond donors (Lipinski definition) is 1. The number of benzene rings is 2. The van der Waals surface area contributed by atoms with E-state index in [9.17, 15) is 9.59 Å². The predicted octanol–water partition coefficient (Wildman–Crippen LogP) is 2.24. The summed E-state index contributed by atoms with van der Waals surface area (Å²) in [6.07, 6.45) is 0.220. The number of carbonyl (C=O) groups excluding carboxylic acids is 2. The number of para-hydroxylation sites is 1. The summed E-state index contributed by atoms with van der Waals surface area (Å²) in [6.45, 7) is 1.18. The quantitative estimate of drug-likeness (QED) is 0.775. The molecule has 0 saturated carbocycles. The number of amides is 2. The Kier molecular flexibility index (Phi) is 5.73. The molecule has 1 fully saturated rings. The van der Waals surface area contributed by atoms with E-state index >= 15 is 0 Å². The summed E-state index contributed by atoms with van der Waals surface area (Å²) in [5.74, 6) is 0.986. The maximum Gasteiger partial charge on any atom is 0.227 e. The molecule has 0 aromatic heterocycles. The second kappa shape index (κ2) is 8.38. The Morgan fingerprint density at radius 2 is 1.85 bits per heavy atom. The van der Waals surface area contributed by atoms with Gasteiger partial charge in [0.25, 0.3) is 0 Å². The first kappa shape index (κ1) is 17.8. The van der Waals surface area contributed by atoms with Crippen molar-refractivity contribution in [3.05, 3.63) is 54.6 Å². The molecular weight excluding hydrogens is 332 g/mol. The van der Waals surface area contributed by atoms with Gasteiger partial charge in [0.15, 0.2) is 0 Å². The largest absolute Gasteiger partial charge is 0.497 e. The normalized spacial score (nSPS) is 16.4. The fourth-order valence-corrected chi connectivity index (χ4v) is 2.90. The highest BCUT2D eigenvalue weighted by Crippen LogP contribution is 2.26. The highest BCUT2D eigenvalue weighted by atomic mass is 16.5. The van der Waals surface area contributed by atoms with Crippen molar-refractivity contribution < 1.29 is 19.1 Å². The zero-order valence-electron chi connectivity index (χ0n) is 14.7. The van der Waals surface area contributed by atoms with Gasteiger partial charge in [0.1, 0.15) is 18.1 Å². The lowest BCUT2D eigenvalue weighted by Crippen LogP contribution is -2.35. The van der Waals surface area contributed by atoms with E-state index in [2.05, 4.69) is 5.32 Å². The van der Waals surface area contributed by atoms with Crippen LogP contribution in [0.4, 0.5) is 5.69 Å². The van der Waals surface area contributed by atoms with Crippen LogP contribution in [0.5, 0.6) is 11.5 Å². The van der Waals surface area contributed by atoms with Crippen LogP contribution in [-0.2, 0) is 9.59 Å². The highest BCUT2D eigenvalue weighted by Gasteiger charge is 2.34. The van der Waals surface area contributed by atoms with Gasteiger partial charge in [-0.15, -0.1) is 0 Å². The van der Waals surface area contributed by atoms with Crippen molar-refractivity contribution in [1.82, 2.24) is 5.32 Å². The van der Waals surface area contributed by atoms with Gasteiger partial charge in [0.2, 0.25) is 11.8 Å². The number of methoxy groups -OCH3 is 1. The molecule has 1 heterocycles. The molecule has 1 saturated heterocycles. The first-order valence-corrected chi connectivity index (χ1v) is 8.57. The molecule has 2 aromatic rings. The molecule has 0 bridgehead atoms. The van der Waals surface area contributed by atoms with E-state index in [1.54, 1.807) is 24.1 Å². The van der Waals surface area contributed by atoms with Crippen LogP contribution in [0.2, 0.25) is 0 Å². The molecule has 1 aliphatic rings. The molecule has 6 heteroatoms. The average Bonchev–Trinajstić information content (AvgIpc) is 3.08. The summed E-state index contributed by atoms with van der Waals surface area (Å²) in [5.41, 5.74) is 0.776. The minimum atomic E-state index is -0.346. The number of rotatable bonds is 7. The van der Waals surface area contributed by atoms with Gasteiger partial charge >= 0.3 is 0 Å². The smallest absolute Gasteiger partial charge is 0.227 e. The van der Waals surface area contributed by atoms with Gasteiger partial charge in [0, 0.05) is 18.7 Å². The van der Waals surface area contributed by atoms with Crippen molar-refractivity contribution in [1.29, 1.82) is 0 Å². The van der Waals surface area contributed by atoms with Crippen molar-refractivity contribution in [3.8, 4) is 11.5 Å². The lowest BCUT2D eigenvalue weighted by Gasteiger charge is -2.17. The van der Waals surface area contributed by atoms with Crippen LogP contribution in [0.1, 0.15) is 6.42 Å².